The van der Waals surface area contributed by atoms with Crippen LogP contribution in [0.4, 0.5) is 0 Å². The van der Waals surface area contributed by atoms with E-state index in [4.69, 9.17) is 9.66 Å². The van der Waals surface area contributed by atoms with Crippen LogP contribution in [0.2, 0.25) is 0 Å². The van der Waals surface area contributed by atoms with Gasteiger partial charge < -0.3 is 10.0 Å². The summed E-state index contributed by atoms with van der Waals surface area (Å²) in [4.78, 5) is 12.9. The third-order valence-electron chi connectivity index (χ3n) is 2.55. The predicted molar refractivity (Wildman–Crippen MR) is 53.1 cm³/mol. The summed E-state index contributed by atoms with van der Waals surface area (Å²) in [6, 6.07) is 0. The van der Waals surface area contributed by atoms with Crippen molar-refractivity contribution >= 4 is 15.9 Å². The molecule has 1 aliphatic rings. The first-order valence-electron chi connectivity index (χ1n) is 4.73. The van der Waals surface area contributed by atoms with Crippen LogP contribution in [-0.4, -0.2) is 60.8 Å². The molecule has 0 bridgehead atoms. The van der Waals surface area contributed by atoms with E-state index in [-0.39, 0.29) is 24.0 Å². The monoisotopic (exact) mass is 237 g/mol. The molecule has 6 nitrogen and oxygen atoms in total. The topological polar surface area (TPSA) is 94.9 Å². The van der Waals surface area contributed by atoms with Crippen LogP contribution in [0.25, 0.3) is 0 Å². The number of hydrogen-bond acceptors (Lipinski definition) is 5. The summed E-state index contributed by atoms with van der Waals surface area (Å²) in [6.45, 7) is 0.867. The molecule has 1 atom stereocenters. The molecule has 1 aliphatic heterocycles. The molecule has 0 amide bonds. The van der Waals surface area contributed by atoms with Crippen LogP contribution in [-0.2, 0) is 14.9 Å². The number of ketones is 1. The van der Waals surface area contributed by atoms with Gasteiger partial charge in [0, 0.05) is 19.0 Å². The van der Waals surface area contributed by atoms with E-state index < -0.39 is 16.7 Å². The summed E-state index contributed by atoms with van der Waals surface area (Å²) < 4.78 is 29.5. The number of Topliss-reactive ketones (excluding diaryl/α,β-unsaturated/α-hetero) is 1. The van der Waals surface area contributed by atoms with Gasteiger partial charge in [0.1, 0.15) is 6.61 Å². The minimum Gasteiger partial charge on any atom is -0.389 e. The quantitative estimate of drug-likeness (QED) is 0.581. The van der Waals surface area contributed by atoms with Crippen molar-refractivity contribution in [2.24, 2.45) is 5.92 Å². The Balaban J connectivity index is 2.34. The van der Waals surface area contributed by atoms with Gasteiger partial charge in [-0.2, -0.15) is 8.42 Å². The van der Waals surface area contributed by atoms with Gasteiger partial charge in [0.05, 0.1) is 5.75 Å². The lowest BCUT2D eigenvalue weighted by Crippen LogP contribution is -2.29. The van der Waals surface area contributed by atoms with Crippen LogP contribution in [0.15, 0.2) is 0 Å². The SMILES string of the molecule is O=C(CO)C1CCN(CCS(=O)(=O)O)C1. The van der Waals surface area contributed by atoms with Crippen molar-refractivity contribution in [1.29, 1.82) is 0 Å². The van der Waals surface area contributed by atoms with Crippen LogP contribution in [0.1, 0.15) is 6.42 Å². The predicted octanol–water partition coefficient (Wildman–Crippen LogP) is -1.24. The molecule has 15 heavy (non-hydrogen) atoms. The molecule has 0 aromatic rings. The maximum Gasteiger partial charge on any atom is 0.266 e. The maximum atomic E-state index is 11.1. The number of nitrogens with zero attached hydrogens (tertiary/aromatic N) is 1. The highest BCUT2D eigenvalue weighted by atomic mass is 32.2. The van der Waals surface area contributed by atoms with Gasteiger partial charge in [-0.25, -0.2) is 0 Å². The lowest BCUT2D eigenvalue weighted by atomic mass is 10.0. The molecule has 0 spiro atoms. The van der Waals surface area contributed by atoms with Gasteiger partial charge in [-0.1, -0.05) is 0 Å². The van der Waals surface area contributed by atoms with Crippen molar-refractivity contribution in [3.8, 4) is 0 Å². The fraction of sp³-hybridized carbons (Fsp3) is 0.875. The zero-order valence-corrected chi connectivity index (χ0v) is 9.11. The van der Waals surface area contributed by atoms with Gasteiger partial charge in [0.25, 0.3) is 10.1 Å². The van der Waals surface area contributed by atoms with E-state index in [1.54, 1.807) is 4.90 Å². The Bertz CT molecular complexity index is 326. The normalized spacial score (nSPS) is 23.2. The van der Waals surface area contributed by atoms with Crippen molar-refractivity contribution in [1.82, 2.24) is 4.90 Å². The van der Waals surface area contributed by atoms with Gasteiger partial charge >= 0.3 is 0 Å². The first-order valence-corrected chi connectivity index (χ1v) is 6.34. The molecule has 7 heteroatoms. The highest BCUT2D eigenvalue weighted by molar-refractivity contribution is 7.85. The zero-order valence-electron chi connectivity index (χ0n) is 8.29. The van der Waals surface area contributed by atoms with Gasteiger partial charge in [-0.05, 0) is 13.0 Å². The molecule has 1 heterocycles. The third kappa shape index (κ3) is 4.25. The number of aliphatic hydroxyl groups is 1. The summed E-state index contributed by atoms with van der Waals surface area (Å²) in [5.74, 6) is -0.715. The van der Waals surface area contributed by atoms with E-state index in [2.05, 4.69) is 0 Å². The number of hydrogen-bond donors (Lipinski definition) is 2. The molecule has 88 valence electrons. The molecule has 2 N–H and O–H groups in total. The first kappa shape index (κ1) is 12.6. The summed E-state index contributed by atoms with van der Waals surface area (Å²) >= 11 is 0. The molecule has 0 radical (unpaired) electrons. The second-order valence-corrected chi connectivity index (χ2v) is 5.27. The van der Waals surface area contributed by atoms with Crippen molar-refractivity contribution in [2.75, 3.05) is 32.0 Å². The Labute approximate surface area is 88.6 Å². The molecule has 0 aromatic heterocycles. The smallest absolute Gasteiger partial charge is 0.266 e. The average Bonchev–Trinajstić information content (AvgIpc) is 2.61. The van der Waals surface area contributed by atoms with Crippen LogP contribution in [0.5, 0.6) is 0 Å². The molecule has 1 fully saturated rings. The molecule has 1 rings (SSSR count). The fourth-order valence-electron chi connectivity index (χ4n) is 1.67. The number of carbonyl (C=O) groups excluding carboxylic acids is 1. The summed E-state index contributed by atoms with van der Waals surface area (Å²) in [5.41, 5.74) is 0. The lowest BCUT2D eigenvalue weighted by Gasteiger charge is -2.13. The second kappa shape index (κ2) is 5.02. The van der Waals surface area contributed by atoms with Crippen LogP contribution in [0.3, 0.4) is 0 Å². The third-order valence-corrected chi connectivity index (χ3v) is 3.25. The molecular formula is C8H15NO5S. The zero-order chi connectivity index (χ0) is 11.5. The van der Waals surface area contributed by atoms with Crippen molar-refractivity contribution in [2.45, 2.75) is 6.42 Å². The Morgan fingerprint density at radius 3 is 2.67 bits per heavy atom. The standard InChI is InChI=1S/C8H15NO5S/c10-6-8(11)7-1-2-9(5-7)3-4-15(12,13)14/h7,10H,1-6H2,(H,12,13,14). The summed E-state index contributed by atoms with van der Waals surface area (Å²) in [7, 11) is -3.93. The number of aliphatic hydroxyl groups excluding tert-OH is 1. The van der Waals surface area contributed by atoms with Gasteiger partial charge in [0.2, 0.25) is 0 Å². The van der Waals surface area contributed by atoms with Crippen molar-refractivity contribution < 1.29 is 22.9 Å². The molecule has 0 aliphatic carbocycles. The second-order valence-electron chi connectivity index (χ2n) is 3.70. The minimum atomic E-state index is -3.93. The van der Waals surface area contributed by atoms with Gasteiger partial charge in [0.15, 0.2) is 5.78 Å². The van der Waals surface area contributed by atoms with E-state index in [9.17, 15) is 13.2 Å². The number of likely N-dealkylation sites (tertiary alicyclic amines) is 1. The lowest BCUT2D eigenvalue weighted by molar-refractivity contribution is -0.125. The Kier molecular flexibility index (Phi) is 4.21. The van der Waals surface area contributed by atoms with E-state index in [1.807, 2.05) is 0 Å². The number of carbonyl (C=O) groups is 1. The summed E-state index contributed by atoms with van der Waals surface area (Å²) in [5, 5.41) is 8.64. The van der Waals surface area contributed by atoms with Crippen molar-refractivity contribution in [3.63, 3.8) is 0 Å². The number of rotatable bonds is 5. The summed E-state index contributed by atoms with van der Waals surface area (Å²) in [6.07, 6.45) is 0.644. The average molecular weight is 237 g/mol. The van der Waals surface area contributed by atoms with Gasteiger partial charge in [-0.15, -0.1) is 0 Å². The van der Waals surface area contributed by atoms with E-state index in [0.717, 1.165) is 0 Å². The molecular weight excluding hydrogens is 222 g/mol. The molecule has 0 aromatic carbocycles. The molecule has 0 saturated carbocycles. The highest BCUT2D eigenvalue weighted by Crippen LogP contribution is 2.16. The largest absolute Gasteiger partial charge is 0.389 e. The fourth-order valence-corrected chi connectivity index (χ4v) is 2.16. The Hall–Kier alpha value is -0.500. The van der Waals surface area contributed by atoms with E-state index in [1.165, 1.54) is 0 Å². The minimum absolute atomic E-state index is 0.198. The Morgan fingerprint density at radius 1 is 1.47 bits per heavy atom. The molecule has 1 saturated heterocycles. The van der Waals surface area contributed by atoms with Gasteiger partial charge in [-0.3, -0.25) is 9.35 Å². The van der Waals surface area contributed by atoms with Crippen LogP contribution >= 0.6 is 0 Å². The van der Waals surface area contributed by atoms with Crippen LogP contribution < -0.4 is 0 Å². The first-order chi connectivity index (χ1) is 6.92. The highest BCUT2D eigenvalue weighted by Gasteiger charge is 2.27. The molecule has 1 unspecified atom stereocenters. The maximum absolute atomic E-state index is 11.1. The van der Waals surface area contributed by atoms with Crippen LogP contribution in [0, 0.1) is 5.92 Å². The Morgan fingerprint density at radius 2 is 2.13 bits per heavy atom. The van der Waals surface area contributed by atoms with Crippen molar-refractivity contribution in [3.05, 3.63) is 0 Å². The van der Waals surface area contributed by atoms with E-state index in [0.29, 0.717) is 19.5 Å². The van der Waals surface area contributed by atoms with E-state index >= 15 is 0 Å².